The number of rotatable bonds is 5. The lowest BCUT2D eigenvalue weighted by Crippen LogP contribution is -2.42. The Bertz CT molecular complexity index is 749. The molecular weight excluding hydrogens is 340 g/mol. The van der Waals surface area contributed by atoms with Gasteiger partial charge in [-0.15, -0.1) is 11.3 Å². The molecular formula is C21H28N4S. The second-order valence-corrected chi connectivity index (χ2v) is 8.41. The summed E-state index contributed by atoms with van der Waals surface area (Å²) in [5, 5.41) is 13.5. The molecule has 1 aromatic carbocycles. The maximum absolute atomic E-state index is 8.23. The summed E-state index contributed by atoms with van der Waals surface area (Å²) < 4.78 is 0. The van der Waals surface area contributed by atoms with Crippen LogP contribution in [0.3, 0.4) is 0 Å². The highest BCUT2D eigenvalue weighted by Gasteiger charge is 2.23. The van der Waals surface area contributed by atoms with E-state index < -0.39 is 0 Å². The van der Waals surface area contributed by atoms with Crippen molar-refractivity contribution in [2.75, 3.05) is 36.4 Å². The van der Waals surface area contributed by atoms with Gasteiger partial charge in [-0.25, -0.2) is 0 Å². The van der Waals surface area contributed by atoms with Crippen LogP contribution in [0.4, 0.5) is 11.4 Å². The number of anilines is 2. The number of thiophene rings is 1. The van der Waals surface area contributed by atoms with E-state index in [0.29, 0.717) is 11.9 Å². The fourth-order valence-electron chi connectivity index (χ4n) is 4.19. The molecule has 5 heteroatoms. The topological polar surface area (TPSA) is 42.4 Å². The van der Waals surface area contributed by atoms with Crippen LogP contribution in [0.25, 0.3) is 0 Å². The number of hydrogen-bond acceptors (Lipinski definition) is 4. The van der Waals surface area contributed by atoms with Crippen molar-refractivity contribution in [3.63, 3.8) is 0 Å². The molecule has 0 bridgehead atoms. The summed E-state index contributed by atoms with van der Waals surface area (Å²) in [6.45, 7) is 7.16. The fourth-order valence-corrected chi connectivity index (χ4v) is 4.82. The zero-order valence-corrected chi connectivity index (χ0v) is 16.3. The third-order valence-electron chi connectivity index (χ3n) is 5.58. The van der Waals surface area contributed by atoms with Crippen LogP contribution in [-0.4, -0.2) is 43.0 Å². The molecule has 0 radical (unpaired) electrons. The number of benzene rings is 1. The van der Waals surface area contributed by atoms with Gasteiger partial charge in [0.2, 0.25) is 0 Å². The zero-order chi connectivity index (χ0) is 17.9. The monoisotopic (exact) mass is 368 g/mol. The van der Waals surface area contributed by atoms with Crippen LogP contribution >= 0.6 is 11.3 Å². The number of fused-ring (bicyclic) bond motifs is 1. The number of nitrogens with zero attached hydrogens (tertiary/aromatic N) is 2. The molecule has 0 amide bonds. The number of aryl methyl sites for hydroxylation is 1. The van der Waals surface area contributed by atoms with Crippen LogP contribution in [0, 0.1) is 5.41 Å². The molecule has 2 aromatic rings. The van der Waals surface area contributed by atoms with E-state index in [-0.39, 0.29) is 0 Å². The molecule has 1 atom stereocenters. The van der Waals surface area contributed by atoms with Gasteiger partial charge in [-0.2, -0.15) is 0 Å². The molecule has 4 nitrogen and oxygen atoms in total. The van der Waals surface area contributed by atoms with Crippen molar-refractivity contribution in [2.24, 2.45) is 0 Å². The Hall–Kier alpha value is -1.85. The molecule has 0 spiro atoms. The average Bonchev–Trinajstić information content (AvgIpc) is 3.35. The first-order valence-electron chi connectivity index (χ1n) is 9.72. The Labute approximate surface area is 160 Å². The van der Waals surface area contributed by atoms with Gasteiger partial charge in [-0.3, -0.25) is 10.3 Å². The van der Waals surface area contributed by atoms with Gasteiger partial charge in [0.1, 0.15) is 5.84 Å². The Morgan fingerprint density at radius 3 is 2.81 bits per heavy atom. The Balaban J connectivity index is 1.46. The normalized spacial score (nSPS) is 18.6. The lowest BCUT2D eigenvalue weighted by molar-refractivity contribution is 0.260. The van der Waals surface area contributed by atoms with Gasteiger partial charge < -0.3 is 10.2 Å². The van der Waals surface area contributed by atoms with E-state index in [0.717, 1.165) is 30.1 Å². The Kier molecular flexibility index (Phi) is 5.27. The maximum Gasteiger partial charge on any atom is 0.140 e. The minimum absolute atomic E-state index is 0.482. The van der Waals surface area contributed by atoms with Crippen molar-refractivity contribution >= 4 is 28.5 Å². The van der Waals surface area contributed by atoms with Crippen LogP contribution < -0.4 is 10.2 Å². The molecule has 26 heavy (non-hydrogen) atoms. The van der Waals surface area contributed by atoms with Crippen LogP contribution in [-0.2, 0) is 6.42 Å². The van der Waals surface area contributed by atoms with Crippen molar-refractivity contribution in [1.29, 1.82) is 5.41 Å². The van der Waals surface area contributed by atoms with E-state index >= 15 is 0 Å². The first kappa shape index (κ1) is 17.6. The van der Waals surface area contributed by atoms with Gasteiger partial charge in [0, 0.05) is 30.5 Å². The SMILES string of the molecule is CC(CN1CCCc2cc(NC(=N)c3cccs3)ccc21)N1CCCC1. The summed E-state index contributed by atoms with van der Waals surface area (Å²) in [5.41, 5.74) is 3.82. The summed E-state index contributed by atoms with van der Waals surface area (Å²) in [6, 6.07) is 11.2. The van der Waals surface area contributed by atoms with E-state index in [1.165, 1.54) is 43.6 Å². The molecule has 0 aliphatic carbocycles. The number of likely N-dealkylation sites (tertiary alicyclic amines) is 1. The summed E-state index contributed by atoms with van der Waals surface area (Å²) in [5.74, 6) is 0.482. The number of hydrogen-bond donors (Lipinski definition) is 2. The lowest BCUT2D eigenvalue weighted by atomic mass is 10.00. The molecule has 1 aromatic heterocycles. The predicted molar refractivity (Wildman–Crippen MR) is 112 cm³/mol. The number of amidine groups is 1. The third-order valence-corrected chi connectivity index (χ3v) is 6.47. The highest BCUT2D eigenvalue weighted by Crippen LogP contribution is 2.30. The summed E-state index contributed by atoms with van der Waals surface area (Å²) >= 11 is 1.60. The van der Waals surface area contributed by atoms with Gasteiger partial charge in [-0.05, 0) is 80.9 Å². The van der Waals surface area contributed by atoms with Gasteiger partial charge >= 0.3 is 0 Å². The molecule has 2 N–H and O–H groups in total. The second kappa shape index (κ2) is 7.80. The van der Waals surface area contributed by atoms with Gasteiger partial charge in [-0.1, -0.05) is 6.07 Å². The van der Waals surface area contributed by atoms with Crippen molar-refractivity contribution < 1.29 is 0 Å². The first-order chi connectivity index (χ1) is 12.7. The van der Waals surface area contributed by atoms with Crippen molar-refractivity contribution in [2.45, 2.75) is 38.6 Å². The largest absolute Gasteiger partial charge is 0.370 e. The van der Waals surface area contributed by atoms with Gasteiger partial charge in [0.15, 0.2) is 0 Å². The molecule has 1 saturated heterocycles. The van der Waals surface area contributed by atoms with Crippen molar-refractivity contribution in [3.05, 3.63) is 46.2 Å². The van der Waals surface area contributed by atoms with Crippen molar-refractivity contribution in [3.8, 4) is 0 Å². The standard InChI is InChI=1S/C21H28N4S/c1-16(24-10-2-3-11-24)15-25-12-4-6-17-14-18(8-9-19(17)25)23-21(22)20-7-5-13-26-20/h5,7-9,13-14,16H,2-4,6,10-12,15H2,1H3,(H2,22,23). The van der Waals surface area contributed by atoms with Crippen LogP contribution in [0.15, 0.2) is 35.7 Å². The van der Waals surface area contributed by atoms with Crippen LogP contribution in [0.5, 0.6) is 0 Å². The van der Waals surface area contributed by atoms with Gasteiger partial charge in [0.05, 0.1) is 4.88 Å². The van der Waals surface area contributed by atoms with E-state index in [1.54, 1.807) is 11.3 Å². The van der Waals surface area contributed by atoms with E-state index in [4.69, 9.17) is 5.41 Å². The molecule has 4 rings (SSSR count). The molecule has 0 saturated carbocycles. The molecule has 2 aliphatic heterocycles. The second-order valence-electron chi connectivity index (χ2n) is 7.46. The van der Waals surface area contributed by atoms with E-state index in [9.17, 15) is 0 Å². The molecule has 3 heterocycles. The number of nitrogens with one attached hydrogen (secondary N) is 2. The smallest absolute Gasteiger partial charge is 0.140 e. The zero-order valence-electron chi connectivity index (χ0n) is 15.5. The summed E-state index contributed by atoms with van der Waals surface area (Å²) in [4.78, 5) is 6.17. The highest BCUT2D eigenvalue weighted by molar-refractivity contribution is 7.12. The molecule has 138 valence electrons. The van der Waals surface area contributed by atoms with Crippen molar-refractivity contribution in [1.82, 2.24) is 4.90 Å². The van der Waals surface area contributed by atoms with E-state index in [2.05, 4.69) is 40.2 Å². The first-order valence-corrected chi connectivity index (χ1v) is 10.6. The predicted octanol–water partition coefficient (Wildman–Crippen LogP) is 4.42. The van der Waals surface area contributed by atoms with Crippen LogP contribution in [0.1, 0.15) is 36.6 Å². The molecule has 2 aliphatic rings. The molecule has 1 fully saturated rings. The fraction of sp³-hybridized carbons (Fsp3) is 0.476. The maximum atomic E-state index is 8.23. The quantitative estimate of drug-likeness (QED) is 0.606. The third kappa shape index (κ3) is 3.79. The van der Waals surface area contributed by atoms with Gasteiger partial charge in [0.25, 0.3) is 0 Å². The van der Waals surface area contributed by atoms with Crippen LogP contribution in [0.2, 0.25) is 0 Å². The molecule has 1 unspecified atom stereocenters. The lowest BCUT2D eigenvalue weighted by Gasteiger charge is -2.36. The van der Waals surface area contributed by atoms with E-state index in [1.807, 2.05) is 17.5 Å². The Morgan fingerprint density at radius 1 is 1.19 bits per heavy atom. The minimum Gasteiger partial charge on any atom is -0.370 e. The highest BCUT2D eigenvalue weighted by atomic mass is 32.1. The average molecular weight is 369 g/mol. The minimum atomic E-state index is 0.482. The summed E-state index contributed by atoms with van der Waals surface area (Å²) in [7, 11) is 0. The Morgan fingerprint density at radius 2 is 2.04 bits per heavy atom. The summed E-state index contributed by atoms with van der Waals surface area (Å²) in [6.07, 6.45) is 5.05.